The third-order valence-corrected chi connectivity index (χ3v) is 5.80. The molecular formula is C23H19B2F2N7O3. The van der Waals surface area contributed by atoms with Crippen LogP contribution in [0.25, 0.3) is 22.7 Å². The summed E-state index contributed by atoms with van der Waals surface area (Å²) in [5.41, 5.74) is 2.68. The first kappa shape index (κ1) is 24.6. The monoisotopic (exact) mass is 501 g/mol. The summed E-state index contributed by atoms with van der Waals surface area (Å²) in [7, 11) is 12.8. The molecule has 0 unspecified atom stereocenters. The quantitative estimate of drug-likeness (QED) is 0.405. The number of ether oxygens (including phenoxy) is 1. The van der Waals surface area contributed by atoms with Crippen molar-refractivity contribution in [3.05, 3.63) is 66.2 Å². The molecule has 5 rings (SSSR count). The Balaban J connectivity index is 1.31. The van der Waals surface area contributed by atoms with Crippen molar-refractivity contribution in [3.63, 3.8) is 0 Å². The number of anilines is 1. The fourth-order valence-electron chi connectivity index (χ4n) is 3.75. The molecule has 10 nitrogen and oxygen atoms in total. The largest absolute Gasteiger partial charge is 0.415 e. The molecule has 1 aliphatic heterocycles. The predicted octanol–water partition coefficient (Wildman–Crippen LogP) is 2.79. The van der Waals surface area contributed by atoms with Gasteiger partial charge in [-0.3, -0.25) is 4.68 Å². The molecule has 14 heteroatoms. The van der Waals surface area contributed by atoms with Crippen molar-refractivity contribution < 1.29 is 22.7 Å². The van der Waals surface area contributed by atoms with Gasteiger partial charge in [0.05, 0.1) is 35.1 Å². The number of hydrogen-bond donors (Lipinski definition) is 1. The molecule has 2 aromatic carbocycles. The molecule has 4 radical (unpaired) electrons. The number of nitrogens with one attached hydrogen (secondary N) is 1. The molecule has 4 aromatic rings. The van der Waals surface area contributed by atoms with E-state index in [9.17, 15) is 13.6 Å². The number of alkyl halides is 2. The summed E-state index contributed by atoms with van der Waals surface area (Å²) in [6, 6.07) is 13.3. The van der Waals surface area contributed by atoms with Gasteiger partial charge in [0.2, 0.25) is 5.89 Å². The van der Waals surface area contributed by atoms with Crippen LogP contribution in [0.5, 0.6) is 0 Å². The second-order valence-corrected chi connectivity index (χ2v) is 8.31. The fraction of sp³-hybridized carbons (Fsp3) is 0.261. The SMILES string of the molecule is [B]C([B])(c1ccc(-c2nnc(C(F)F)o2)cc1)n1cc(-c2cccc(NC(=O)N3CCOCC3)c2)nn1. The Morgan fingerprint density at radius 3 is 2.49 bits per heavy atom. The Morgan fingerprint density at radius 1 is 1.03 bits per heavy atom. The van der Waals surface area contributed by atoms with E-state index in [1.54, 1.807) is 53.6 Å². The summed E-state index contributed by atoms with van der Waals surface area (Å²) in [5.74, 6) is -0.809. The average molecular weight is 501 g/mol. The van der Waals surface area contributed by atoms with Crippen LogP contribution in [0, 0.1) is 0 Å². The van der Waals surface area contributed by atoms with Gasteiger partial charge in [-0.25, -0.2) is 4.79 Å². The molecule has 1 saturated heterocycles. The molecule has 1 fully saturated rings. The van der Waals surface area contributed by atoms with Crippen molar-refractivity contribution in [1.82, 2.24) is 30.1 Å². The number of nitrogens with zero attached hydrogens (tertiary/aromatic N) is 6. The van der Waals surface area contributed by atoms with E-state index in [4.69, 9.17) is 24.8 Å². The van der Waals surface area contributed by atoms with Crippen LogP contribution in [0.2, 0.25) is 0 Å². The standard InChI is InChI=1S/C23H19B2F2N7O3/c24-23(25,16-6-4-14(5-7-16)20-30-31-21(37-20)19(26)27)34-13-18(29-32-34)15-2-1-3-17(12-15)28-22(35)33-8-10-36-11-9-33/h1-7,12-13,19H,8-11H2,(H,28,35). The first-order valence-corrected chi connectivity index (χ1v) is 11.3. The van der Waals surface area contributed by atoms with Gasteiger partial charge in [0.15, 0.2) is 0 Å². The summed E-state index contributed by atoms with van der Waals surface area (Å²) >= 11 is 0. The molecule has 0 bridgehead atoms. The first-order valence-electron chi connectivity index (χ1n) is 11.3. The zero-order valence-corrected chi connectivity index (χ0v) is 19.4. The van der Waals surface area contributed by atoms with Gasteiger partial charge >= 0.3 is 12.5 Å². The highest BCUT2D eigenvalue weighted by Gasteiger charge is 2.25. The summed E-state index contributed by atoms with van der Waals surface area (Å²) in [4.78, 5) is 14.2. The van der Waals surface area contributed by atoms with Crippen LogP contribution in [-0.4, -0.2) is 78.1 Å². The normalized spacial score (nSPS) is 14.2. The Bertz CT molecular complexity index is 1390. The zero-order chi connectivity index (χ0) is 26.0. The maximum atomic E-state index is 12.7. The van der Waals surface area contributed by atoms with Crippen molar-refractivity contribution in [2.45, 2.75) is 11.8 Å². The molecule has 0 saturated carbocycles. The molecule has 0 aliphatic carbocycles. The van der Waals surface area contributed by atoms with Crippen LogP contribution in [-0.2, 0) is 10.1 Å². The third kappa shape index (κ3) is 5.24. The van der Waals surface area contributed by atoms with Crippen molar-refractivity contribution in [2.24, 2.45) is 0 Å². The van der Waals surface area contributed by atoms with Gasteiger partial charge in [0, 0.05) is 35.2 Å². The molecule has 0 spiro atoms. The van der Waals surface area contributed by atoms with E-state index < -0.39 is 17.7 Å². The number of urea groups is 1. The van der Waals surface area contributed by atoms with Crippen molar-refractivity contribution in [1.29, 1.82) is 0 Å². The third-order valence-electron chi connectivity index (χ3n) is 5.80. The van der Waals surface area contributed by atoms with E-state index in [0.29, 0.717) is 54.4 Å². The average Bonchev–Trinajstić information content (AvgIpc) is 3.61. The number of hydrogen-bond acceptors (Lipinski definition) is 7. The van der Waals surface area contributed by atoms with E-state index in [1.807, 2.05) is 6.07 Å². The second-order valence-electron chi connectivity index (χ2n) is 8.31. The van der Waals surface area contributed by atoms with Gasteiger partial charge in [0.25, 0.3) is 5.89 Å². The lowest BCUT2D eigenvalue weighted by molar-refractivity contribution is 0.0564. The molecule has 3 heterocycles. The number of benzene rings is 2. The van der Waals surface area contributed by atoms with Gasteiger partial charge in [-0.15, -0.1) is 15.3 Å². The van der Waals surface area contributed by atoms with Gasteiger partial charge in [-0.1, -0.05) is 29.5 Å². The van der Waals surface area contributed by atoms with Crippen molar-refractivity contribution in [3.8, 4) is 22.7 Å². The Kier molecular flexibility index (Phi) is 6.74. The summed E-state index contributed by atoms with van der Waals surface area (Å²) < 4.78 is 37.0. The summed E-state index contributed by atoms with van der Waals surface area (Å²) in [6.45, 7) is 2.08. The molecule has 184 valence electrons. The van der Waals surface area contributed by atoms with E-state index in [2.05, 4.69) is 25.8 Å². The first-order chi connectivity index (χ1) is 17.8. The van der Waals surface area contributed by atoms with Gasteiger partial charge in [-0.2, -0.15) is 8.78 Å². The number of aromatic nitrogens is 5. The van der Waals surface area contributed by atoms with Gasteiger partial charge in [0.1, 0.15) is 5.69 Å². The molecule has 2 aromatic heterocycles. The van der Waals surface area contributed by atoms with Gasteiger partial charge in [-0.05, 0) is 29.8 Å². The Labute approximate surface area is 212 Å². The minimum absolute atomic E-state index is 0.0508. The maximum absolute atomic E-state index is 12.7. The van der Waals surface area contributed by atoms with Crippen LogP contribution < -0.4 is 5.32 Å². The summed E-state index contributed by atoms with van der Waals surface area (Å²) in [5, 5.41) is 16.5. The topological polar surface area (TPSA) is 111 Å². The van der Waals surface area contributed by atoms with Crippen LogP contribution in [0.15, 0.2) is 59.1 Å². The smallest absolute Gasteiger partial charge is 0.321 e. The van der Waals surface area contributed by atoms with E-state index in [0.717, 1.165) is 0 Å². The minimum atomic E-state index is -2.86. The molecule has 37 heavy (non-hydrogen) atoms. The highest BCUT2D eigenvalue weighted by Crippen LogP contribution is 2.27. The summed E-state index contributed by atoms with van der Waals surface area (Å²) in [6.07, 6.45) is -1.27. The molecule has 1 N–H and O–H groups in total. The Morgan fingerprint density at radius 2 is 1.78 bits per heavy atom. The molecule has 1 aliphatic rings. The zero-order valence-electron chi connectivity index (χ0n) is 19.4. The highest BCUT2D eigenvalue weighted by molar-refractivity contribution is 6.39. The van der Waals surface area contributed by atoms with Crippen LogP contribution in [0.1, 0.15) is 17.9 Å². The van der Waals surface area contributed by atoms with E-state index in [1.165, 1.54) is 4.68 Å². The number of morpholine rings is 1. The number of halogens is 2. The molecule has 2 amide bonds. The lowest BCUT2D eigenvalue weighted by Crippen LogP contribution is -2.43. The number of carbonyl (C=O) groups excluding carboxylic acids is 1. The van der Waals surface area contributed by atoms with Crippen molar-refractivity contribution >= 4 is 27.4 Å². The number of carbonyl (C=O) groups is 1. The van der Waals surface area contributed by atoms with Crippen LogP contribution in [0.3, 0.4) is 0 Å². The molecular weight excluding hydrogens is 482 g/mol. The van der Waals surface area contributed by atoms with Crippen LogP contribution >= 0.6 is 0 Å². The minimum Gasteiger partial charge on any atom is -0.415 e. The predicted molar refractivity (Wildman–Crippen MR) is 130 cm³/mol. The number of rotatable bonds is 6. The van der Waals surface area contributed by atoms with Crippen LogP contribution in [0.4, 0.5) is 19.3 Å². The highest BCUT2D eigenvalue weighted by atomic mass is 19.3. The lowest BCUT2D eigenvalue weighted by atomic mass is 9.58. The number of amides is 2. The van der Waals surface area contributed by atoms with E-state index >= 15 is 0 Å². The van der Waals surface area contributed by atoms with E-state index in [-0.39, 0.29) is 11.9 Å². The second kappa shape index (κ2) is 10.1. The fourth-order valence-corrected chi connectivity index (χ4v) is 3.75. The molecule has 0 atom stereocenters. The maximum Gasteiger partial charge on any atom is 0.321 e. The Hall–Kier alpha value is -4.06. The van der Waals surface area contributed by atoms with Crippen molar-refractivity contribution in [2.75, 3.05) is 31.6 Å². The lowest BCUT2D eigenvalue weighted by Gasteiger charge is -2.27. The van der Waals surface area contributed by atoms with Gasteiger partial charge < -0.3 is 19.4 Å².